The van der Waals surface area contributed by atoms with E-state index in [-0.39, 0.29) is 34.6 Å². The maximum Gasteiger partial charge on any atom is 3.00 e. The Morgan fingerprint density at radius 3 is 1.00 bits per heavy atom. The topological polar surface area (TPSA) is 108 Å². The van der Waals surface area contributed by atoms with Crippen molar-refractivity contribution in [1.29, 1.82) is 0 Å². The molecule has 3 aromatic carbocycles. The zero-order chi connectivity index (χ0) is 23.0. The molecule has 6 nitrogen and oxygen atoms in total. The molecule has 0 amide bonds. The Balaban J connectivity index is 0.000000141. The van der Waals surface area contributed by atoms with Gasteiger partial charge in [-0.1, -0.05) is 54.6 Å². The molecule has 162 valence electrons. The summed E-state index contributed by atoms with van der Waals surface area (Å²) in [5, 5.41) is 35.3. The largest absolute Gasteiger partial charge is 3.00 e. The van der Waals surface area contributed by atoms with Gasteiger partial charge < -0.3 is 15.3 Å². The van der Waals surface area contributed by atoms with Crippen LogP contribution in [0.1, 0.15) is 0 Å². The quantitative estimate of drug-likeness (QED) is 0.322. The molecule has 0 aliphatic rings. The summed E-state index contributed by atoms with van der Waals surface area (Å²) in [6.45, 7) is 0. The first-order valence-electron chi connectivity index (χ1n) is 10.1. The van der Waals surface area contributed by atoms with Crippen molar-refractivity contribution in [3.8, 4) is 17.2 Å². The van der Waals surface area contributed by atoms with Crippen molar-refractivity contribution in [1.82, 2.24) is 15.0 Å². The molecule has 0 spiro atoms. The summed E-state index contributed by atoms with van der Waals surface area (Å²) in [5.41, 5.74) is 2.60. The van der Waals surface area contributed by atoms with Crippen LogP contribution in [0.15, 0.2) is 110 Å². The number of nitrogens with zero attached hydrogens (tertiary/aromatic N) is 3. The van der Waals surface area contributed by atoms with Crippen molar-refractivity contribution in [2.45, 2.75) is 0 Å². The van der Waals surface area contributed by atoms with E-state index >= 15 is 0 Å². The van der Waals surface area contributed by atoms with Gasteiger partial charge in [-0.2, -0.15) is 0 Å². The third kappa shape index (κ3) is 6.42. The van der Waals surface area contributed by atoms with Crippen LogP contribution in [0.5, 0.6) is 17.2 Å². The van der Waals surface area contributed by atoms with E-state index in [2.05, 4.69) is 15.0 Å². The van der Waals surface area contributed by atoms with Crippen molar-refractivity contribution in [2.24, 2.45) is 0 Å². The molecule has 0 bridgehead atoms. The number of pyridine rings is 3. The number of hydrogen-bond acceptors (Lipinski definition) is 6. The fourth-order valence-corrected chi connectivity index (χ4v) is 3.16. The second-order valence-corrected chi connectivity index (χ2v) is 7.07. The molecular formula is C27H18AlN3O3. The third-order valence-electron chi connectivity index (χ3n) is 4.72. The van der Waals surface area contributed by atoms with Crippen molar-refractivity contribution in [2.75, 3.05) is 0 Å². The van der Waals surface area contributed by atoms with E-state index in [9.17, 15) is 15.3 Å². The van der Waals surface area contributed by atoms with Crippen molar-refractivity contribution >= 4 is 50.1 Å². The molecule has 0 N–H and O–H groups in total. The number of rotatable bonds is 0. The Hall–Kier alpha value is -4.18. The van der Waals surface area contributed by atoms with Crippen molar-refractivity contribution < 1.29 is 15.3 Å². The smallest absolute Gasteiger partial charge is 0.872 e. The van der Waals surface area contributed by atoms with Crippen LogP contribution >= 0.6 is 0 Å². The van der Waals surface area contributed by atoms with Gasteiger partial charge in [0.2, 0.25) is 0 Å². The number of fused-ring (bicyclic) bond motifs is 3. The Morgan fingerprint density at radius 1 is 0.412 bits per heavy atom. The Kier molecular flexibility index (Phi) is 8.36. The minimum Gasteiger partial charge on any atom is -0.872 e. The number of aromatic nitrogens is 3. The van der Waals surface area contributed by atoms with Crippen LogP contribution in [-0.2, 0) is 0 Å². The molecular weight excluding hydrogens is 441 g/mol. The van der Waals surface area contributed by atoms with Gasteiger partial charge in [0.05, 0.1) is 16.6 Å². The molecule has 3 aromatic heterocycles. The predicted molar refractivity (Wildman–Crippen MR) is 129 cm³/mol. The molecule has 3 heterocycles. The van der Waals surface area contributed by atoms with Crippen LogP contribution in [0.3, 0.4) is 0 Å². The van der Waals surface area contributed by atoms with E-state index in [1.54, 1.807) is 55.0 Å². The molecule has 0 unspecified atom stereocenters. The van der Waals surface area contributed by atoms with Gasteiger partial charge in [-0.05, 0) is 52.6 Å². The molecule has 0 fully saturated rings. The predicted octanol–water partition coefficient (Wildman–Crippen LogP) is 3.54. The van der Waals surface area contributed by atoms with Crippen LogP contribution in [-0.4, -0.2) is 32.3 Å². The standard InChI is InChI=1S/3C9H7NO.Al/c3*11-8-3-4-9-7(6-8)2-1-5-10-9;/h3*1-6,11H;/q;;;+3/p-3. The molecule has 6 aromatic rings. The van der Waals surface area contributed by atoms with E-state index in [1.165, 1.54) is 18.2 Å². The molecule has 0 saturated heterocycles. The molecule has 7 heteroatoms. The number of hydrogen-bond donors (Lipinski definition) is 0. The van der Waals surface area contributed by atoms with Crippen LogP contribution < -0.4 is 15.3 Å². The van der Waals surface area contributed by atoms with Crippen molar-refractivity contribution in [3.63, 3.8) is 0 Å². The Labute approximate surface area is 207 Å². The first-order valence-corrected chi connectivity index (χ1v) is 10.1. The monoisotopic (exact) mass is 459 g/mol. The Morgan fingerprint density at radius 2 is 0.706 bits per heavy atom. The third-order valence-corrected chi connectivity index (χ3v) is 4.72. The minimum atomic E-state index is 0. The number of benzene rings is 3. The SMILES string of the molecule is [Al+3].[O-]c1ccc2ncccc2c1.[O-]c1ccc2ncccc2c1.[O-]c1ccc2ncccc2c1. The summed E-state index contributed by atoms with van der Waals surface area (Å²) in [5.74, 6) is 0.0986. The maximum atomic E-state index is 10.9. The van der Waals surface area contributed by atoms with E-state index in [0.717, 1.165) is 32.7 Å². The zero-order valence-electron chi connectivity index (χ0n) is 18.0. The minimum absolute atomic E-state index is 0. The molecule has 34 heavy (non-hydrogen) atoms. The summed E-state index contributed by atoms with van der Waals surface area (Å²) >= 11 is 0. The average Bonchev–Trinajstić information content (AvgIpc) is 2.84. The van der Waals surface area contributed by atoms with Crippen LogP contribution in [0.4, 0.5) is 0 Å². The zero-order valence-corrected chi connectivity index (χ0v) is 19.2. The normalized spacial score (nSPS) is 9.88. The van der Waals surface area contributed by atoms with Crippen LogP contribution in [0.2, 0.25) is 0 Å². The van der Waals surface area contributed by atoms with Gasteiger partial charge in [0.25, 0.3) is 0 Å². The van der Waals surface area contributed by atoms with Crippen molar-refractivity contribution in [3.05, 3.63) is 110 Å². The maximum absolute atomic E-state index is 10.9. The van der Waals surface area contributed by atoms with Gasteiger partial charge in [0.15, 0.2) is 0 Å². The first kappa shape index (κ1) is 24.5. The van der Waals surface area contributed by atoms with Gasteiger partial charge in [-0.15, -0.1) is 17.2 Å². The molecule has 0 aliphatic heterocycles. The van der Waals surface area contributed by atoms with E-state index in [1.807, 2.05) is 36.4 Å². The van der Waals surface area contributed by atoms with E-state index < -0.39 is 0 Å². The molecule has 0 atom stereocenters. The van der Waals surface area contributed by atoms with E-state index in [4.69, 9.17) is 0 Å². The average molecular weight is 459 g/mol. The van der Waals surface area contributed by atoms with Gasteiger partial charge in [0.1, 0.15) is 0 Å². The molecule has 6 rings (SSSR count). The second-order valence-electron chi connectivity index (χ2n) is 7.07. The summed E-state index contributed by atoms with van der Waals surface area (Å²) in [6, 6.07) is 25.6. The molecule has 0 radical (unpaired) electrons. The molecule has 0 saturated carbocycles. The summed E-state index contributed by atoms with van der Waals surface area (Å²) < 4.78 is 0. The summed E-state index contributed by atoms with van der Waals surface area (Å²) in [4.78, 5) is 12.3. The Bertz CT molecular complexity index is 1340. The summed E-state index contributed by atoms with van der Waals surface area (Å²) in [6.07, 6.45) is 5.15. The fourth-order valence-electron chi connectivity index (χ4n) is 3.16. The van der Waals surface area contributed by atoms with E-state index in [0.29, 0.717) is 0 Å². The first-order chi connectivity index (χ1) is 16.1. The van der Waals surface area contributed by atoms with Crippen LogP contribution in [0, 0.1) is 0 Å². The second kappa shape index (κ2) is 11.6. The molecule has 0 aliphatic carbocycles. The van der Waals surface area contributed by atoms with Gasteiger partial charge in [-0.3, -0.25) is 15.0 Å². The van der Waals surface area contributed by atoms with Gasteiger partial charge in [0, 0.05) is 18.6 Å². The van der Waals surface area contributed by atoms with Crippen LogP contribution in [0.25, 0.3) is 32.7 Å². The van der Waals surface area contributed by atoms with Gasteiger partial charge in [-0.25, -0.2) is 0 Å². The fraction of sp³-hybridized carbons (Fsp3) is 0. The summed E-state index contributed by atoms with van der Waals surface area (Å²) in [7, 11) is 0. The van der Waals surface area contributed by atoms with Gasteiger partial charge >= 0.3 is 17.4 Å².